The Morgan fingerprint density at radius 3 is 2.71 bits per heavy atom. The summed E-state index contributed by atoms with van der Waals surface area (Å²) in [5, 5.41) is 6.50. The summed E-state index contributed by atoms with van der Waals surface area (Å²) in [5.41, 5.74) is 0.963. The van der Waals surface area contributed by atoms with Crippen LogP contribution in [0.1, 0.15) is 27.3 Å². The summed E-state index contributed by atoms with van der Waals surface area (Å²) in [6.45, 7) is 0. The smallest absolute Gasteiger partial charge is 0.318 e. The van der Waals surface area contributed by atoms with Gasteiger partial charge in [0, 0.05) is 23.4 Å². The Balaban J connectivity index is 1.67. The molecule has 1 amide bonds. The molecule has 3 heterocycles. The van der Waals surface area contributed by atoms with Gasteiger partial charge in [0.2, 0.25) is 0 Å². The molecule has 4 aromatic rings. The Hall–Kier alpha value is -3.46. The molecule has 10 heteroatoms. The summed E-state index contributed by atoms with van der Waals surface area (Å²) in [4.78, 5) is 20.9. The zero-order chi connectivity index (χ0) is 21.8. The fraction of sp³-hybridized carbons (Fsp3) is 0.143. The third-order valence-electron chi connectivity index (χ3n) is 5.13. The molecule has 0 saturated carbocycles. The number of aryl methyl sites for hydroxylation is 1. The van der Waals surface area contributed by atoms with Gasteiger partial charge in [0.15, 0.2) is 22.2 Å². The Labute approximate surface area is 178 Å². The van der Waals surface area contributed by atoms with Gasteiger partial charge in [-0.1, -0.05) is 35.9 Å². The van der Waals surface area contributed by atoms with E-state index in [1.54, 1.807) is 18.2 Å². The minimum atomic E-state index is -4.68. The number of halogens is 4. The molecule has 31 heavy (non-hydrogen) atoms. The first-order valence-corrected chi connectivity index (χ1v) is 9.71. The van der Waals surface area contributed by atoms with Crippen LogP contribution in [0, 0.1) is 0 Å². The summed E-state index contributed by atoms with van der Waals surface area (Å²) in [6.07, 6.45) is -2.58. The highest BCUT2D eigenvalue weighted by atomic mass is 35.5. The van der Waals surface area contributed by atoms with Crippen LogP contribution in [0.25, 0.3) is 16.9 Å². The van der Waals surface area contributed by atoms with Gasteiger partial charge in [0.1, 0.15) is 0 Å². The second-order valence-corrected chi connectivity index (χ2v) is 7.40. The first kappa shape index (κ1) is 19.5. The fourth-order valence-corrected chi connectivity index (χ4v) is 3.96. The Bertz CT molecular complexity index is 1350. The van der Waals surface area contributed by atoms with Crippen molar-refractivity contribution in [3.63, 3.8) is 0 Å². The number of nitrogens with one attached hydrogen (secondary N) is 1. The van der Waals surface area contributed by atoms with Crippen LogP contribution in [-0.2, 0) is 19.0 Å². The van der Waals surface area contributed by atoms with E-state index in [4.69, 9.17) is 11.6 Å². The molecule has 1 N–H and O–H groups in total. The Morgan fingerprint density at radius 2 is 1.94 bits per heavy atom. The van der Waals surface area contributed by atoms with Crippen molar-refractivity contribution in [2.45, 2.75) is 19.0 Å². The molecule has 0 bridgehead atoms. The summed E-state index contributed by atoms with van der Waals surface area (Å²) < 4.78 is 42.9. The normalized spacial score (nSPS) is 13.0. The molecule has 0 radical (unpaired) electrons. The van der Waals surface area contributed by atoms with Gasteiger partial charge in [-0.25, -0.2) is 14.5 Å². The van der Waals surface area contributed by atoms with Crippen LogP contribution in [0.3, 0.4) is 0 Å². The number of nitrogens with zero attached hydrogens (tertiary/aromatic N) is 4. The maximum absolute atomic E-state index is 14.1. The highest BCUT2D eigenvalue weighted by Crippen LogP contribution is 2.40. The molecule has 0 saturated heterocycles. The number of amides is 1. The lowest BCUT2D eigenvalue weighted by Crippen LogP contribution is -2.21. The zero-order valence-electron chi connectivity index (χ0n) is 15.7. The lowest BCUT2D eigenvalue weighted by atomic mass is 9.88. The minimum absolute atomic E-state index is 0.0563. The topological polar surface area (TPSA) is 72.2 Å². The van der Waals surface area contributed by atoms with Crippen LogP contribution < -0.4 is 5.32 Å². The highest BCUT2D eigenvalue weighted by Gasteiger charge is 2.40. The molecule has 0 fully saturated rings. The lowest BCUT2D eigenvalue weighted by molar-refractivity contribution is -0.143. The molecule has 3 aromatic heterocycles. The van der Waals surface area contributed by atoms with Crippen molar-refractivity contribution in [3.8, 4) is 11.3 Å². The van der Waals surface area contributed by atoms with Crippen molar-refractivity contribution in [1.29, 1.82) is 0 Å². The zero-order valence-corrected chi connectivity index (χ0v) is 16.5. The SMILES string of the molecule is O=C(Nc1cccnc1Cl)c1cc2nc3c(c(C(F)(F)F)n2n1)CCc1ccccc1-3. The predicted molar refractivity (Wildman–Crippen MR) is 108 cm³/mol. The number of anilines is 1. The van der Waals surface area contributed by atoms with E-state index in [2.05, 4.69) is 20.4 Å². The first-order valence-electron chi connectivity index (χ1n) is 9.33. The average molecular weight is 444 g/mol. The summed E-state index contributed by atoms with van der Waals surface area (Å²) in [6, 6.07) is 11.6. The second-order valence-electron chi connectivity index (χ2n) is 7.04. The van der Waals surface area contributed by atoms with Gasteiger partial charge in [0.05, 0.1) is 11.4 Å². The largest absolute Gasteiger partial charge is 0.433 e. The maximum Gasteiger partial charge on any atom is 0.433 e. The van der Waals surface area contributed by atoms with Crippen molar-refractivity contribution in [2.75, 3.05) is 5.32 Å². The highest BCUT2D eigenvalue weighted by molar-refractivity contribution is 6.32. The number of carbonyl (C=O) groups excluding carboxylic acids is 1. The molecule has 0 atom stereocenters. The molecular formula is C21H13ClF3N5O. The minimum Gasteiger partial charge on any atom is -0.318 e. The first-order chi connectivity index (χ1) is 14.8. The van der Waals surface area contributed by atoms with Crippen molar-refractivity contribution < 1.29 is 18.0 Å². The summed E-state index contributed by atoms with van der Waals surface area (Å²) in [5.74, 6) is -0.716. The van der Waals surface area contributed by atoms with Crippen LogP contribution in [-0.4, -0.2) is 25.5 Å². The van der Waals surface area contributed by atoms with Crippen LogP contribution >= 0.6 is 11.6 Å². The number of rotatable bonds is 2. The van der Waals surface area contributed by atoms with Crippen LogP contribution in [0.5, 0.6) is 0 Å². The third-order valence-corrected chi connectivity index (χ3v) is 5.43. The molecular weight excluding hydrogens is 431 g/mol. The number of carbonyl (C=O) groups is 1. The van der Waals surface area contributed by atoms with E-state index < -0.39 is 17.8 Å². The van der Waals surface area contributed by atoms with E-state index in [9.17, 15) is 18.0 Å². The van der Waals surface area contributed by atoms with E-state index in [-0.39, 0.29) is 39.9 Å². The number of alkyl halides is 3. The van der Waals surface area contributed by atoms with Gasteiger partial charge in [-0.05, 0) is 30.5 Å². The van der Waals surface area contributed by atoms with Crippen LogP contribution in [0.2, 0.25) is 5.15 Å². The monoisotopic (exact) mass is 443 g/mol. The average Bonchev–Trinajstić information content (AvgIpc) is 3.16. The Kier molecular flexibility index (Phi) is 4.44. The maximum atomic E-state index is 14.1. The van der Waals surface area contributed by atoms with Gasteiger partial charge >= 0.3 is 6.18 Å². The number of hydrogen-bond donors (Lipinski definition) is 1. The summed E-state index contributed by atoms with van der Waals surface area (Å²) >= 11 is 5.94. The molecule has 0 aliphatic heterocycles. The fourth-order valence-electron chi connectivity index (χ4n) is 3.79. The molecule has 6 nitrogen and oxygen atoms in total. The number of hydrogen-bond acceptors (Lipinski definition) is 4. The number of pyridine rings is 1. The molecule has 5 rings (SSSR count). The molecule has 1 aromatic carbocycles. The van der Waals surface area contributed by atoms with Crippen molar-refractivity contribution in [1.82, 2.24) is 19.6 Å². The molecule has 0 unspecified atom stereocenters. The standard InChI is InChI=1S/C21H13ClF3N5O/c22-19-14(6-3-9-26-19)27-20(31)15-10-16-28-17-12-5-2-1-4-11(12)7-8-13(17)18(21(23,24)25)30(16)29-15/h1-6,9-10H,7-8H2,(H,27,31). The van der Waals surface area contributed by atoms with E-state index in [1.165, 1.54) is 18.3 Å². The van der Waals surface area contributed by atoms with Gasteiger partial charge in [-0.2, -0.15) is 18.3 Å². The lowest BCUT2D eigenvalue weighted by Gasteiger charge is -2.23. The molecule has 1 aliphatic carbocycles. The van der Waals surface area contributed by atoms with E-state index in [1.807, 2.05) is 12.1 Å². The van der Waals surface area contributed by atoms with E-state index >= 15 is 0 Å². The number of fused-ring (bicyclic) bond motifs is 4. The van der Waals surface area contributed by atoms with Crippen LogP contribution in [0.15, 0.2) is 48.7 Å². The number of benzene rings is 1. The van der Waals surface area contributed by atoms with Gasteiger partial charge in [-0.15, -0.1) is 0 Å². The quantitative estimate of drug-likeness (QED) is 0.451. The van der Waals surface area contributed by atoms with E-state index in [0.29, 0.717) is 16.5 Å². The second kappa shape index (κ2) is 7.05. The Morgan fingerprint density at radius 1 is 1.13 bits per heavy atom. The van der Waals surface area contributed by atoms with Gasteiger partial charge < -0.3 is 5.32 Å². The van der Waals surface area contributed by atoms with Gasteiger partial charge in [-0.3, -0.25) is 4.79 Å². The third kappa shape index (κ3) is 3.31. The predicted octanol–water partition coefficient (Wildman–Crippen LogP) is 4.81. The number of aromatic nitrogens is 4. The molecule has 156 valence electrons. The van der Waals surface area contributed by atoms with Crippen molar-refractivity contribution in [3.05, 3.63) is 76.3 Å². The van der Waals surface area contributed by atoms with Crippen molar-refractivity contribution >= 4 is 28.8 Å². The van der Waals surface area contributed by atoms with E-state index in [0.717, 1.165) is 5.56 Å². The summed E-state index contributed by atoms with van der Waals surface area (Å²) in [7, 11) is 0. The van der Waals surface area contributed by atoms with Crippen LogP contribution in [0.4, 0.5) is 18.9 Å². The van der Waals surface area contributed by atoms with Crippen molar-refractivity contribution in [2.24, 2.45) is 0 Å². The van der Waals surface area contributed by atoms with Gasteiger partial charge in [0.25, 0.3) is 5.91 Å². The molecule has 0 spiro atoms. The molecule has 1 aliphatic rings.